The number of aliphatic hydroxyl groups excluding tert-OH is 1. The second kappa shape index (κ2) is 5.45. The SMILES string of the molecule is CCN(C)C(=O)Cn1cc(CCO)nn1. The molecule has 0 saturated carbocycles. The molecule has 0 aliphatic heterocycles. The molecule has 0 saturated heterocycles. The van der Waals surface area contributed by atoms with Crippen LogP contribution in [0.25, 0.3) is 0 Å². The molecule has 1 N–H and O–H groups in total. The standard InChI is InChI=1S/C9H16N4O2/c1-3-12(2)9(15)7-13-6-8(4-5-14)10-11-13/h6,14H,3-5,7H2,1-2H3. The molecule has 1 aromatic rings. The number of carbonyl (C=O) groups is 1. The van der Waals surface area contributed by atoms with E-state index in [4.69, 9.17) is 5.11 Å². The van der Waals surface area contributed by atoms with Gasteiger partial charge in [-0.1, -0.05) is 5.21 Å². The van der Waals surface area contributed by atoms with E-state index in [0.717, 1.165) is 0 Å². The highest BCUT2D eigenvalue weighted by Gasteiger charge is 2.08. The lowest BCUT2D eigenvalue weighted by atomic mass is 10.3. The molecule has 0 aliphatic rings. The van der Waals surface area contributed by atoms with Gasteiger partial charge in [-0.25, -0.2) is 4.68 Å². The average molecular weight is 212 g/mol. The second-order valence-corrected chi connectivity index (χ2v) is 3.29. The van der Waals surface area contributed by atoms with Gasteiger partial charge in [0.15, 0.2) is 0 Å². The first-order valence-corrected chi connectivity index (χ1v) is 4.91. The van der Waals surface area contributed by atoms with Crippen LogP contribution in [0.5, 0.6) is 0 Å². The fraction of sp³-hybridized carbons (Fsp3) is 0.667. The summed E-state index contributed by atoms with van der Waals surface area (Å²) in [6.45, 7) is 2.83. The van der Waals surface area contributed by atoms with Crippen molar-refractivity contribution >= 4 is 5.91 Å². The van der Waals surface area contributed by atoms with Crippen LogP contribution in [0.1, 0.15) is 12.6 Å². The Morgan fingerprint density at radius 2 is 2.40 bits per heavy atom. The highest BCUT2D eigenvalue weighted by atomic mass is 16.3. The van der Waals surface area contributed by atoms with Crippen molar-refractivity contribution in [1.29, 1.82) is 0 Å². The summed E-state index contributed by atoms with van der Waals surface area (Å²) in [5.74, 6) is -0.00190. The van der Waals surface area contributed by atoms with E-state index in [1.54, 1.807) is 18.1 Å². The molecular formula is C9H16N4O2. The van der Waals surface area contributed by atoms with E-state index in [-0.39, 0.29) is 19.1 Å². The summed E-state index contributed by atoms with van der Waals surface area (Å²) < 4.78 is 1.49. The number of amides is 1. The molecule has 1 amide bonds. The minimum atomic E-state index is -0.00190. The summed E-state index contributed by atoms with van der Waals surface area (Å²) in [4.78, 5) is 13.1. The molecule has 0 spiro atoms. The Balaban J connectivity index is 2.53. The molecule has 0 unspecified atom stereocenters. The van der Waals surface area contributed by atoms with Gasteiger partial charge >= 0.3 is 0 Å². The predicted molar refractivity (Wildman–Crippen MR) is 54.1 cm³/mol. The van der Waals surface area contributed by atoms with Gasteiger partial charge in [0.05, 0.1) is 5.69 Å². The van der Waals surface area contributed by atoms with Crippen molar-refractivity contribution in [2.45, 2.75) is 19.9 Å². The Bertz CT molecular complexity index is 324. The zero-order valence-electron chi connectivity index (χ0n) is 9.05. The second-order valence-electron chi connectivity index (χ2n) is 3.29. The van der Waals surface area contributed by atoms with E-state index < -0.39 is 0 Å². The van der Waals surface area contributed by atoms with Gasteiger partial charge in [-0.3, -0.25) is 4.79 Å². The summed E-state index contributed by atoms with van der Waals surface area (Å²) in [6.07, 6.45) is 2.15. The molecule has 0 aromatic carbocycles. The molecule has 0 radical (unpaired) electrons. The zero-order valence-corrected chi connectivity index (χ0v) is 9.05. The highest BCUT2D eigenvalue weighted by molar-refractivity contribution is 5.75. The Kier molecular flexibility index (Phi) is 4.23. The normalized spacial score (nSPS) is 10.3. The Labute approximate surface area is 88.5 Å². The van der Waals surface area contributed by atoms with Crippen LogP contribution in [0, 0.1) is 0 Å². The summed E-state index contributed by atoms with van der Waals surface area (Å²) in [5.41, 5.74) is 0.699. The van der Waals surface area contributed by atoms with Gasteiger partial charge in [-0.15, -0.1) is 5.10 Å². The van der Waals surface area contributed by atoms with Crippen molar-refractivity contribution in [2.24, 2.45) is 0 Å². The maximum absolute atomic E-state index is 11.5. The summed E-state index contributed by atoms with van der Waals surface area (Å²) in [6, 6.07) is 0. The average Bonchev–Trinajstić information content (AvgIpc) is 2.65. The number of nitrogens with zero attached hydrogens (tertiary/aromatic N) is 4. The fourth-order valence-electron chi connectivity index (χ4n) is 1.08. The lowest BCUT2D eigenvalue weighted by molar-refractivity contribution is -0.130. The minimum absolute atomic E-state index is 0.00190. The molecule has 15 heavy (non-hydrogen) atoms. The topological polar surface area (TPSA) is 71.2 Å². The molecule has 84 valence electrons. The number of likely N-dealkylation sites (N-methyl/N-ethyl adjacent to an activating group) is 1. The van der Waals surface area contributed by atoms with Gasteiger partial charge in [0.1, 0.15) is 6.54 Å². The van der Waals surface area contributed by atoms with Crippen molar-refractivity contribution < 1.29 is 9.90 Å². The van der Waals surface area contributed by atoms with E-state index in [2.05, 4.69) is 10.3 Å². The molecule has 0 bridgehead atoms. The largest absolute Gasteiger partial charge is 0.396 e. The summed E-state index contributed by atoms with van der Waals surface area (Å²) in [7, 11) is 1.74. The molecule has 1 rings (SSSR count). The molecular weight excluding hydrogens is 196 g/mol. The first-order chi connectivity index (χ1) is 7.17. The maximum Gasteiger partial charge on any atom is 0.244 e. The number of hydrogen-bond donors (Lipinski definition) is 1. The van der Waals surface area contributed by atoms with Crippen LogP contribution in [0.4, 0.5) is 0 Å². The Morgan fingerprint density at radius 1 is 1.67 bits per heavy atom. The molecule has 6 heteroatoms. The highest BCUT2D eigenvalue weighted by Crippen LogP contribution is 1.95. The van der Waals surface area contributed by atoms with E-state index in [1.165, 1.54) is 4.68 Å². The van der Waals surface area contributed by atoms with Crippen LogP contribution >= 0.6 is 0 Å². The lowest BCUT2D eigenvalue weighted by Crippen LogP contribution is -2.30. The van der Waals surface area contributed by atoms with Gasteiger partial charge < -0.3 is 10.0 Å². The Hall–Kier alpha value is -1.43. The fourth-order valence-corrected chi connectivity index (χ4v) is 1.08. The van der Waals surface area contributed by atoms with Crippen LogP contribution in [-0.4, -0.2) is 51.1 Å². The van der Waals surface area contributed by atoms with Crippen LogP contribution in [0.15, 0.2) is 6.20 Å². The molecule has 6 nitrogen and oxygen atoms in total. The minimum Gasteiger partial charge on any atom is -0.396 e. The van der Waals surface area contributed by atoms with Crippen LogP contribution in [0.2, 0.25) is 0 Å². The summed E-state index contributed by atoms with van der Waals surface area (Å²) >= 11 is 0. The van der Waals surface area contributed by atoms with Gasteiger partial charge in [-0.2, -0.15) is 0 Å². The van der Waals surface area contributed by atoms with Crippen molar-refractivity contribution in [3.05, 3.63) is 11.9 Å². The van der Waals surface area contributed by atoms with Crippen molar-refractivity contribution in [1.82, 2.24) is 19.9 Å². The predicted octanol–water partition coefficient (Wildman–Crippen LogP) is -0.709. The number of rotatable bonds is 5. The van der Waals surface area contributed by atoms with Crippen LogP contribution in [0.3, 0.4) is 0 Å². The van der Waals surface area contributed by atoms with E-state index in [0.29, 0.717) is 18.7 Å². The summed E-state index contributed by atoms with van der Waals surface area (Å²) in [5, 5.41) is 16.3. The van der Waals surface area contributed by atoms with Gasteiger partial charge in [0, 0.05) is 32.8 Å². The molecule has 0 aliphatic carbocycles. The van der Waals surface area contributed by atoms with Crippen molar-refractivity contribution in [2.75, 3.05) is 20.2 Å². The number of aromatic nitrogens is 3. The third kappa shape index (κ3) is 3.32. The van der Waals surface area contributed by atoms with E-state index in [9.17, 15) is 4.79 Å². The zero-order chi connectivity index (χ0) is 11.3. The number of hydrogen-bond acceptors (Lipinski definition) is 4. The molecule has 1 heterocycles. The van der Waals surface area contributed by atoms with Gasteiger partial charge in [0.25, 0.3) is 0 Å². The third-order valence-corrected chi connectivity index (χ3v) is 2.15. The smallest absolute Gasteiger partial charge is 0.244 e. The monoisotopic (exact) mass is 212 g/mol. The Morgan fingerprint density at radius 3 is 3.00 bits per heavy atom. The molecule has 0 fully saturated rings. The van der Waals surface area contributed by atoms with Crippen molar-refractivity contribution in [3.8, 4) is 0 Å². The molecule has 1 aromatic heterocycles. The first kappa shape index (κ1) is 11.6. The first-order valence-electron chi connectivity index (χ1n) is 4.91. The van der Waals surface area contributed by atoms with E-state index in [1.807, 2.05) is 6.92 Å². The molecule has 0 atom stereocenters. The van der Waals surface area contributed by atoms with Crippen molar-refractivity contribution in [3.63, 3.8) is 0 Å². The van der Waals surface area contributed by atoms with E-state index >= 15 is 0 Å². The lowest BCUT2D eigenvalue weighted by Gasteiger charge is -2.13. The van der Waals surface area contributed by atoms with Gasteiger partial charge in [0.2, 0.25) is 5.91 Å². The third-order valence-electron chi connectivity index (χ3n) is 2.15. The van der Waals surface area contributed by atoms with Crippen LogP contribution < -0.4 is 0 Å². The quantitative estimate of drug-likeness (QED) is 0.700. The van der Waals surface area contributed by atoms with Gasteiger partial charge in [-0.05, 0) is 6.92 Å². The maximum atomic E-state index is 11.5. The van der Waals surface area contributed by atoms with Crippen LogP contribution in [-0.2, 0) is 17.8 Å². The number of carbonyl (C=O) groups excluding carboxylic acids is 1. The number of aliphatic hydroxyl groups is 1.